The first-order valence-corrected chi connectivity index (χ1v) is 26.8. The molecule has 0 fully saturated rings. The van der Waals surface area contributed by atoms with Crippen molar-refractivity contribution in [3.63, 3.8) is 0 Å². The Morgan fingerprint density at radius 3 is 1.31 bits per heavy atom. The van der Waals surface area contributed by atoms with Crippen LogP contribution in [0.3, 0.4) is 0 Å². The normalized spacial score (nSPS) is 13.1. The first-order chi connectivity index (χ1) is 11.3. The SMILES string of the molecule is Cl[Si](Cl)(Cl)[Si](C=C[c-]1cccc1)([Si](Cl)(Cl)Cl)[Si](Cl)(Cl)Cl.[Fe+2].c1cc[cH-]c1. The van der Waals surface area contributed by atoms with Gasteiger partial charge in [-0.1, -0.05) is 0 Å². The van der Waals surface area contributed by atoms with E-state index in [0.29, 0.717) is 0 Å². The van der Waals surface area contributed by atoms with Gasteiger partial charge >= 0.3 is 33.6 Å². The van der Waals surface area contributed by atoms with Crippen LogP contribution in [0.5, 0.6) is 0 Å². The van der Waals surface area contributed by atoms with Crippen LogP contribution in [0.2, 0.25) is 0 Å². The molecule has 26 heavy (non-hydrogen) atoms. The van der Waals surface area contributed by atoms with Gasteiger partial charge in [0, 0.05) is 0 Å². The third-order valence-corrected chi connectivity index (χ3v) is 86.1. The smallest absolute Gasteiger partial charge is 0.214 e. The Labute approximate surface area is 209 Å². The average Bonchev–Trinajstić information content (AvgIpc) is 3.10. The van der Waals surface area contributed by atoms with Crippen LogP contribution < -0.4 is 0 Å². The van der Waals surface area contributed by atoms with Gasteiger partial charge in [-0.25, -0.2) is 12.1 Å². The van der Waals surface area contributed by atoms with E-state index in [1.54, 1.807) is 11.8 Å². The van der Waals surface area contributed by atoms with Crippen molar-refractivity contribution in [3.8, 4) is 0 Å². The average molecular weight is 642 g/mol. The summed E-state index contributed by atoms with van der Waals surface area (Å²) in [6.07, 6.45) is 1.71. The van der Waals surface area contributed by atoms with Crippen LogP contribution in [-0.2, 0) is 17.1 Å². The molecule has 0 aromatic heterocycles. The standard InChI is InChI=1S/C7H6Cl9Si4.C5H5.Fe/c8-18(9,10)17(19(11,12)13,20(14,15)16)6-5-7-3-1-2-4-7;1-2-4-5-3-1;/h1-6H;1-5H;/q2*-1;+2. The number of rotatable bonds is 5. The maximum absolute atomic E-state index is 6.21. The minimum absolute atomic E-state index is 0. The second-order valence-corrected chi connectivity index (χ2v) is 57.2. The largest absolute Gasteiger partial charge is 2.00 e. The Kier molecular flexibility index (Phi) is 12.8. The van der Waals surface area contributed by atoms with Crippen molar-refractivity contribution in [2.75, 3.05) is 0 Å². The predicted octanol–water partition coefficient (Wildman–Crippen LogP) is 8.01. The van der Waals surface area contributed by atoms with E-state index in [2.05, 4.69) is 0 Å². The van der Waals surface area contributed by atoms with Crippen molar-refractivity contribution in [2.45, 2.75) is 0 Å². The zero-order chi connectivity index (χ0) is 19.4. The summed E-state index contributed by atoms with van der Waals surface area (Å²) in [5.41, 5.74) is -8.14. The molecule has 0 saturated carbocycles. The van der Waals surface area contributed by atoms with E-state index in [4.69, 9.17) is 99.7 Å². The van der Waals surface area contributed by atoms with Gasteiger partial charge in [0.1, 0.15) is 0 Å². The molecule has 0 bridgehead atoms. The van der Waals surface area contributed by atoms with E-state index in [9.17, 15) is 0 Å². The second kappa shape index (κ2) is 11.7. The predicted molar refractivity (Wildman–Crippen MR) is 129 cm³/mol. The number of hydrogen-bond donors (Lipinski definition) is 0. The Hall–Kier alpha value is 2.44. The van der Waals surface area contributed by atoms with Crippen LogP contribution >= 0.6 is 99.7 Å². The third-order valence-electron chi connectivity index (χ3n) is 3.11. The minimum atomic E-state index is -3.54. The van der Waals surface area contributed by atoms with Crippen molar-refractivity contribution in [1.29, 1.82) is 0 Å². The molecule has 2 rings (SSSR count). The van der Waals surface area contributed by atoms with Crippen LogP contribution in [0.4, 0.5) is 0 Å². The van der Waals surface area contributed by atoms with Crippen molar-refractivity contribution >= 4 is 129 Å². The van der Waals surface area contributed by atoms with Crippen LogP contribution in [0.1, 0.15) is 5.56 Å². The number of halogens is 9. The fraction of sp³-hybridized carbons (Fsp3) is 0. The van der Waals surface area contributed by atoms with Crippen molar-refractivity contribution in [1.82, 2.24) is 0 Å². The monoisotopic (exact) mass is 638 g/mol. The van der Waals surface area contributed by atoms with E-state index in [-0.39, 0.29) is 17.1 Å². The zero-order valence-corrected chi connectivity index (χ0v) is 24.5. The first kappa shape index (κ1) is 28.4. The summed E-state index contributed by atoms with van der Waals surface area (Å²) >= 11 is 55.9. The maximum atomic E-state index is 6.21. The van der Waals surface area contributed by atoms with Gasteiger partial charge in [-0.2, -0.15) is 36.0 Å². The van der Waals surface area contributed by atoms with E-state index in [1.807, 2.05) is 54.6 Å². The molecule has 0 amide bonds. The molecule has 14 heteroatoms. The van der Waals surface area contributed by atoms with E-state index >= 15 is 0 Å². The molecule has 0 atom stereocenters. The molecule has 146 valence electrons. The second-order valence-electron chi connectivity index (χ2n) is 4.82. The Morgan fingerprint density at radius 2 is 1.04 bits per heavy atom. The summed E-state index contributed by atoms with van der Waals surface area (Å²) in [6.45, 7) is -3.43. The minimum Gasteiger partial charge on any atom is -0.214 e. The molecule has 0 spiro atoms. The first-order valence-electron chi connectivity index (χ1n) is 6.61. The molecule has 0 aliphatic heterocycles. The van der Waals surface area contributed by atoms with Gasteiger partial charge in [0.05, 0.1) is 0 Å². The zero-order valence-electron chi connectivity index (χ0n) is 12.6. The molecular formula is C12H11Cl9FeSi4. The van der Waals surface area contributed by atoms with E-state index in [1.165, 1.54) is 0 Å². The van der Waals surface area contributed by atoms with Gasteiger partial charge in [-0.05, 0) is 0 Å². The summed E-state index contributed by atoms with van der Waals surface area (Å²) in [5, 5.41) is 0. The van der Waals surface area contributed by atoms with Gasteiger partial charge in [0.25, 0.3) is 0 Å². The topological polar surface area (TPSA) is 0 Å². The molecular weight excluding hydrogens is 631 g/mol. The van der Waals surface area contributed by atoms with Crippen molar-refractivity contribution < 1.29 is 17.1 Å². The molecule has 0 unspecified atom stereocenters. The van der Waals surface area contributed by atoms with Crippen LogP contribution in [-0.4, -0.2) is 23.2 Å². The van der Waals surface area contributed by atoms with Gasteiger partial charge in [-0.3, -0.25) is 0 Å². The molecule has 2 aromatic rings. The van der Waals surface area contributed by atoms with E-state index in [0.717, 1.165) is 5.56 Å². The summed E-state index contributed by atoms with van der Waals surface area (Å²) in [6, 6.07) is 17.4. The van der Waals surface area contributed by atoms with Crippen LogP contribution in [0, 0.1) is 0 Å². The molecule has 0 aliphatic carbocycles. The summed E-state index contributed by atoms with van der Waals surface area (Å²) in [5.74, 6) is 0. The fourth-order valence-electron chi connectivity index (χ4n) is 1.81. The van der Waals surface area contributed by atoms with Gasteiger partial charge < -0.3 is 0 Å². The Balaban J connectivity index is 0.000000893. The fourth-order valence-corrected chi connectivity index (χ4v) is 127. The molecule has 0 aliphatic rings. The quantitative estimate of drug-likeness (QED) is 0.176. The maximum Gasteiger partial charge on any atom is 2.00 e. The van der Waals surface area contributed by atoms with Gasteiger partial charge in [-0.15, -0.1) is 123 Å². The Bertz CT molecular complexity index is 589. The van der Waals surface area contributed by atoms with Crippen molar-refractivity contribution in [3.05, 3.63) is 65.9 Å². The van der Waals surface area contributed by atoms with Gasteiger partial charge in [0.2, 0.25) is 0 Å². The van der Waals surface area contributed by atoms with Gasteiger partial charge in [0.15, 0.2) is 6.63 Å². The van der Waals surface area contributed by atoms with Crippen LogP contribution in [0.15, 0.2) is 60.3 Å². The molecule has 0 saturated heterocycles. The van der Waals surface area contributed by atoms with E-state index < -0.39 is 23.2 Å². The molecule has 0 N–H and O–H groups in total. The Morgan fingerprint density at radius 1 is 0.654 bits per heavy atom. The van der Waals surface area contributed by atoms with Crippen molar-refractivity contribution in [2.24, 2.45) is 0 Å². The summed E-state index contributed by atoms with van der Waals surface area (Å²) in [7, 11) is 0. The third kappa shape index (κ3) is 7.60. The molecule has 0 heterocycles. The molecule has 2 aromatic carbocycles. The van der Waals surface area contributed by atoms with Crippen LogP contribution in [0.25, 0.3) is 6.08 Å². The summed E-state index contributed by atoms with van der Waals surface area (Å²) in [4.78, 5) is 0. The molecule has 0 nitrogen and oxygen atoms in total. The number of hydrogen-bond acceptors (Lipinski definition) is 0. The molecule has 0 radical (unpaired) electrons. The summed E-state index contributed by atoms with van der Waals surface area (Å²) < 4.78 is 0.